The second-order valence-electron chi connectivity index (χ2n) is 17.8. The molecule has 0 bridgehead atoms. The maximum Gasteiger partial charge on any atom is 0.306 e. The summed E-state index contributed by atoms with van der Waals surface area (Å²) in [7, 11) is 0. The molecule has 6 heteroatoms. The van der Waals surface area contributed by atoms with Gasteiger partial charge in [-0.2, -0.15) is 0 Å². The molecule has 0 spiro atoms. The van der Waals surface area contributed by atoms with Crippen molar-refractivity contribution >= 4 is 17.9 Å². The fourth-order valence-corrected chi connectivity index (χ4v) is 7.36. The summed E-state index contributed by atoms with van der Waals surface area (Å²) in [5.74, 6) is -0.919. The summed E-state index contributed by atoms with van der Waals surface area (Å²) in [5.41, 5.74) is 0. The van der Waals surface area contributed by atoms with Crippen molar-refractivity contribution in [3.05, 3.63) is 85.1 Å². The average Bonchev–Trinajstić information content (AvgIpc) is 3.30. The Balaban J connectivity index is 4.33. The number of allylic oxidation sites excluding steroid dienone is 14. The monoisotopic (exact) mass is 905 g/mol. The van der Waals surface area contributed by atoms with Crippen LogP contribution in [0.5, 0.6) is 0 Å². The molecule has 0 amide bonds. The highest BCUT2D eigenvalue weighted by Gasteiger charge is 2.19. The van der Waals surface area contributed by atoms with Gasteiger partial charge in [-0.05, 0) is 77.0 Å². The van der Waals surface area contributed by atoms with Gasteiger partial charge in [-0.1, -0.05) is 241 Å². The summed E-state index contributed by atoms with van der Waals surface area (Å²) in [6, 6.07) is 0. The quantitative estimate of drug-likeness (QED) is 0.0262. The van der Waals surface area contributed by atoms with E-state index in [2.05, 4.69) is 106 Å². The van der Waals surface area contributed by atoms with E-state index in [1.807, 2.05) is 0 Å². The molecule has 0 rings (SSSR count). The fraction of sp³-hybridized carbons (Fsp3) is 0.712. The van der Waals surface area contributed by atoms with E-state index in [4.69, 9.17) is 14.2 Å². The molecular weight excluding hydrogens is 805 g/mol. The Hall–Kier alpha value is -3.41. The van der Waals surface area contributed by atoms with E-state index < -0.39 is 6.10 Å². The smallest absolute Gasteiger partial charge is 0.306 e. The number of ether oxygens (including phenoxy) is 3. The first kappa shape index (κ1) is 61.6. The van der Waals surface area contributed by atoms with Crippen LogP contribution in [-0.4, -0.2) is 37.2 Å². The lowest BCUT2D eigenvalue weighted by molar-refractivity contribution is -0.167. The van der Waals surface area contributed by atoms with Gasteiger partial charge in [-0.25, -0.2) is 0 Å². The molecule has 1 atom stereocenters. The molecule has 0 aromatic heterocycles. The third-order valence-corrected chi connectivity index (χ3v) is 11.4. The van der Waals surface area contributed by atoms with Gasteiger partial charge >= 0.3 is 17.9 Å². The first-order chi connectivity index (χ1) is 32.0. The van der Waals surface area contributed by atoms with Crippen molar-refractivity contribution in [2.45, 2.75) is 258 Å². The van der Waals surface area contributed by atoms with Crippen LogP contribution in [0.4, 0.5) is 0 Å². The SMILES string of the molecule is CC/C=C\C/C=C\C/C=C\C/C=C\C/C=C\C/C=C\C/C=C\CCCCCC(=O)OCC(COC(=O)CCCCCCCCCCC)OC(=O)CCCCCCCCCCCCCCC. The number of carbonyl (C=O) groups excluding carboxylic acids is 3. The van der Waals surface area contributed by atoms with E-state index in [1.54, 1.807) is 0 Å². The maximum atomic E-state index is 12.8. The molecule has 0 saturated heterocycles. The van der Waals surface area contributed by atoms with Crippen LogP contribution in [0.15, 0.2) is 85.1 Å². The molecule has 0 aliphatic rings. The minimum atomic E-state index is -0.785. The Labute approximate surface area is 401 Å². The molecular formula is C59H100O6. The third-order valence-electron chi connectivity index (χ3n) is 11.4. The molecule has 1 unspecified atom stereocenters. The summed E-state index contributed by atoms with van der Waals surface area (Å²) in [6.45, 7) is 6.48. The highest BCUT2D eigenvalue weighted by Crippen LogP contribution is 2.15. The van der Waals surface area contributed by atoms with E-state index in [1.165, 1.54) is 103 Å². The molecule has 0 aromatic rings. The van der Waals surface area contributed by atoms with Crippen molar-refractivity contribution in [3.8, 4) is 0 Å². The predicted molar refractivity (Wildman–Crippen MR) is 279 cm³/mol. The molecule has 0 N–H and O–H groups in total. The summed E-state index contributed by atoms with van der Waals surface area (Å²) < 4.78 is 16.8. The summed E-state index contributed by atoms with van der Waals surface area (Å²) in [6.07, 6.45) is 68.6. The van der Waals surface area contributed by atoms with E-state index in [-0.39, 0.29) is 31.1 Å². The van der Waals surface area contributed by atoms with Gasteiger partial charge in [-0.15, -0.1) is 0 Å². The van der Waals surface area contributed by atoms with Gasteiger partial charge in [0.25, 0.3) is 0 Å². The van der Waals surface area contributed by atoms with Crippen LogP contribution < -0.4 is 0 Å². The molecule has 0 saturated carbocycles. The van der Waals surface area contributed by atoms with Crippen LogP contribution >= 0.6 is 0 Å². The predicted octanol–water partition coefficient (Wildman–Crippen LogP) is 18.0. The number of rotatable bonds is 48. The zero-order chi connectivity index (χ0) is 47.2. The molecule has 0 aromatic carbocycles. The Bertz CT molecular complexity index is 1270. The van der Waals surface area contributed by atoms with E-state index in [0.29, 0.717) is 19.3 Å². The second kappa shape index (κ2) is 53.2. The van der Waals surface area contributed by atoms with Crippen molar-refractivity contribution in [1.82, 2.24) is 0 Å². The molecule has 0 fully saturated rings. The Kier molecular flexibility index (Phi) is 50.4. The average molecular weight is 905 g/mol. The maximum absolute atomic E-state index is 12.8. The van der Waals surface area contributed by atoms with Crippen LogP contribution in [0.1, 0.15) is 252 Å². The van der Waals surface area contributed by atoms with Crippen molar-refractivity contribution in [1.29, 1.82) is 0 Å². The minimum Gasteiger partial charge on any atom is -0.462 e. The molecule has 0 radical (unpaired) electrons. The molecule has 372 valence electrons. The molecule has 0 aliphatic carbocycles. The minimum absolute atomic E-state index is 0.0845. The van der Waals surface area contributed by atoms with Crippen molar-refractivity contribution < 1.29 is 28.6 Å². The first-order valence-electron chi connectivity index (χ1n) is 27.1. The Morgan fingerprint density at radius 3 is 0.938 bits per heavy atom. The zero-order valence-electron chi connectivity index (χ0n) is 42.5. The van der Waals surface area contributed by atoms with Gasteiger partial charge in [0.2, 0.25) is 0 Å². The van der Waals surface area contributed by atoms with Crippen molar-refractivity contribution in [3.63, 3.8) is 0 Å². The lowest BCUT2D eigenvalue weighted by atomic mass is 10.0. The zero-order valence-corrected chi connectivity index (χ0v) is 42.5. The lowest BCUT2D eigenvalue weighted by Gasteiger charge is -2.18. The van der Waals surface area contributed by atoms with Gasteiger partial charge in [0.05, 0.1) is 0 Å². The van der Waals surface area contributed by atoms with Crippen LogP contribution in [0.3, 0.4) is 0 Å². The van der Waals surface area contributed by atoms with Gasteiger partial charge in [0, 0.05) is 19.3 Å². The first-order valence-corrected chi connectivity index (χ1v) is 27.1. The van der Waals surface area contributed by atoms with Crippen LogP contribution in [0.25, 0.3) is 0 Å². The standard InChI is InChI=1S/C59H100O6/c1-4-7-10-13-16-19-21-23-24-25-26-27-28-29-30-31-32-33-34-36-37-40-43-46-49-52-58(61)64-55-56(54-63-57(60)51-48-45-42-39-18-15-12-9-6-3)65-59(62)53-50-47-44-41-38-35-22-20-17-14-11-8-5-2/h7,10,16,19,23-24,26-27,29-30,32-33,36-37,56H,4-6,8-9,11-15,17-18,20-22,25,28,31,34-35,38-55H2,1-3H3/b10-7-,19-16-,24-23-,27-26-,30-29-,33-32-,37-36-. The molecule has 0 aliphatic heterocycles. The summed E-state index contributed by atoms with van der Waals surface area (Å²) in [4.78, 5) is 37.9. The second-order valence-corrected chi connectivity index (χ2v) is 17.8. The number of esters is 3. The molecule has 65 heavy (non-hydrogen) atoms. The van der Waals surface area contributed by atoms with E-state index in [0.717, 1.165) is 109 Å². The third kappa shape index (κ3) is 51.4. The topological polar surface area (TPSA) is 78.9 Å². The van der Waals surface area contributed by atoms with Crippen molar-refractivity contribution in [2.24, 2.45) is 0 Å². The van der Waals surface area contributed by atoms with Gasteiger partial charge in [0.1, 0.15) is 13.2 Å². The summed E-state index contributed by atoms with van der Waals surface area (Å²) in [5, 5.41) is 0. The van der Waals surface area contributed by atoms with Crippen molar-refractivity contribution in [2.75, 3.05) is 13.2 Å². The van der Waals surface area contributed by atoms with Gasteiger partial charge in [-0.3, -0.25) is 14.4 Å². The fourth-order valence-electron chi connectivity index (χ4n) is 7.36. The number of unbranched alkanes of at least 4 members (excludes halogenated alkanes) is 23. The van der Waals surface area contributed by atoms with Gasteiger partial charge in [0.15, 0.2) is 6.10 Å². The van der Waals surface area contributed by atoms with Crippen LogP contribution in [-0.2, 0) is 28.6 Å². The molecule has 0 heterocycles. The molecule has 6 nitrogen and oxygen atoms in total. The largest absolute Gasteiger partial charge is 0.462 e. The van der Waals surface area contributed by atoms with Crippen LogP contribution in [0, 0.1) is 0 Å². The Morgan fingerprint density at radius 2 is 0.600 bits per heavy atom. The lowest BCUT2D eigenvalue weighted by Crippen LogP contribution is -2.30. The number of carbonyl (C=O) groups is 3. The van der Waals surface area contributed by atoms with E-state index in [9.17, 15) is 14.4 Å². The summed E-state index contributed by atoms with van der Waals surface area (Å²) >= 11 is 0. The highest BCUT2D eigenvalue weighted by molar-refractivity contribution is 5.71. The van der Waals surface area contributed by atoms with E-state index >= 15 is 0 Å². The van der Waals surface area contributed by atoms with Crippen LogP contribution in [0.2, 0.25) is 0 Å². The number of hydrogen-bond acceptors (Lipinski definition) is 6. The number of hydrogen-bond donors (Lipinski definition) is 0. The Morgan fingerprint density at radius 1 is 0.323 bits per heavy atom. The van der Waals surface area contributed by atoms with Gasteiger partial charge < -0.3 is 14.2 Å². The highest BCUT2D eigenvalue weighted by atomic mass is 16.6. The normalized spacial score (nSPS) is 12.7.